The first-order valence-corrected chi connectivity index (χ1v) is 17.4. The van der Waals surface area contributed by atoms with E-state index in [9.17, 15) is 22.8 Å². The Balaban J connectivity index is 1.59. The van der Waals surface area contributed by atoms with E-state index in [2.05, 4.69) is 16.0 Å². The molecule has 3 N–H and O–H groups in total. The van der Waals surface area contributed by atoms with Crippen molar-refractivity contribution in [3.63, 3.8) is 0 Å². The summed E-state index contributed by atoms with van der Waals surface area (Å²) in [7, 11) is 0.509. The summed E-state index contributed by atoms with van der Waals surface area (Å²) in [6.45, 7) is 6.17. The molecule has 0 spiro atoms. The van der Waals surface area contributed by atoms with Crippen molar-refractivity contribution in [2.45, 2.75) is 61.8 Å². The van der Waals surface area contributed by atoms with Crippen molar-refractivity contribution in [2.24, 2.45) is 0 Å². The van der Waals surface area contributed by atoms with Gasteiger partial charge < -0.3 is 29.7 Å². The topological polar surface area (TPSA) is 152 Å². The first kappa shape index (κ1) is 34.6. The van der Waals surface area contributed by atoms with Gasteiger partial charge in [0.1, 0.15) is 6.04 Å². The Kier molecular flexibility index (Phi) is 10.2. The fourth-order valence-corrected chi connectivity index (χ4v) is 7.59. The number of carbonyl (C=O) groups excluding carboxylic acids is 3. The minimum atomic E-state index is -3.77. The van der Waals surface area contributed by atoms with Crippen LogP contribution >= 0.6 is 0 Å². The number of rotatable bonds is 10. The van der Waals surface area contributed by atoms with Gasteiger partial charge in [0.2, 0.25) is 5.91 Å². The molecule has 3 atom stereocenters. The van der Waals surface area contributed by atoms with Crippen molar-refractivity contribution in [1.82, 2.24) is 10.2 Å². The Hall–Kier alpha value is -4.78. The molecule has 2 heterocycles. The number of benzene rings is 3. The SMILES string of the molecule is COC(=O)Nc1ccc(S(=O)(=O)C(C)C)c([C@H]2CCCN2C(=O)C(Nc2ccc3c(c2)C(=O)NCC3C)c2ccc(OC)c(OC)c2)c1. The predicted octanol–water partition coefficient (Wildman–Crippen LogP) is 5.43. The maximum atomic E-state index is 14.8. The zero-order valence-corrected chi connectivity index (χ0v) is 28.8. The number of sulfone groups is 1. The first-order valence-electron chi connectivity index (χ1n) is 15.8. The normalized spacial score (nSPS) is 18.1. The molecule has 5 rings (SSSR count). The molecule has 2 unspecified atom stereocenters. The van der Waals surface area contributed by atoms with Gasteiger partial charge in [-0.1, -0.05) is 19.1 Å². The van der Waals surface area contributed by atoms with E-state index < -0.39 is 33.3 Å². The van der Waals surface area contributed by atoms with E-state index in [4.69, 9.17) is 14.2 Å². The Bertz CT molecular complexity index is 1830. The van der Waals surface area contributed by atoms with E-state index in [1.54, 1.807) is 49.1 Å². The number of hydrogen-bond acceptors (Lipinski definition) is 9. The molecule has 0 saturated carbocycles. The lowest BCUT2D eigenvalue weighted by molar-refractivity contribution is -0.133. The van der Waals surface area contributed by atoms with E-state index in [1.807, 2.05) is 19.1 Å². The lowest BCUT2D eigenvalue weighted by Crippen LogP contribution is -2.38. The van der Waals surface area contributed by atoms with E-state index in [0.29, 0.717) is 65.5 Å². The molecule has 2 aliphatic rings. The molecular formula is C35H42N4O8S. The quantitative estimate of drug-likeness (QED) is 0.255. The number of fused-ring (bicyclic) bond motifs is 1. The number of ether oxygens (including phenoxy) is 3. The van der Waals surface area contributed by atoms with Crippen LogP contribution in [-0.4, -0.2) is 70.9 Å². The molecule has 0 aromatic heterocycles. The van der Waals surface area contributed by atoms with Gasteiger partial charge in [-0.25, -0.2) is 13.2 Å². The van der Waals surface area contributed by atoms with Gasteiger partial charge in [0.15, 0.2) is 21.3 Å². The third-order valence-electron chi connectivity index (χ3n) is 8.96. The summed E-state index contributed by atoms with van der Waals surface area (Å²) in [5.41, 5.74) is 3.36. The number of nitrogens with zero attached hydrogens (tertiary/aromatic N) is 1. The number of amides is 3. The van der Waals surface area contributed by atoms with Crippen molar-refractivity contribution in [3.05, 3.63) is 76.9 Å². The van der Waals surface area contributed by atoms with Crippen molar-refractivity contribution in [3.8, 4) is 11.5 Å². The molecule has 3 aromatic rings. The largest absolute Gasteiger partial charge is 0.493 e. The van der Waals surface area contributed by atoms with E-state index >= 15 is 0 Å². The Morgan fingerprint density at radius 3 is 2.35 bits per heavy atom. The van der Waals surface area contributed by atoms with Gasteiger partial charge in [-0.05, 0) is 91.8 Å². The zero-order valence-electron chi connectivity index (χ0n) is 28.0. The van der Waals surface area contributed by atoms with Crippen molar-refractivity contribution < 1.29 is 37.0 Å². The smallest absolute Gasteiger partial charge is 0.411 e. The average molecular weight is 679 g/mol. The summed E-state index contributed by atoms with van der Waals surface area (Å²) in [5.74, 6) is 0.572. The summed E-state index contributed by atoms with van der Waals surface area (Å²) in [6.07, 6.45) is 0.427. The summed E-state index contributed by atoms with van der Waals surface area (Å²) in [4.78, 5) is 41.4. The Labute approximate surface area is 281 Å². The molecule has 2 aliphatic heterocycles. The van der Waals surface area contributed by atoms with Crippen LogP contribution in [0, 0.1) is 0 Å². The predicted molar refractivity (Wildman–Crippen MR) is 182 cm³/mol. The van der Waals surface area contributed by atoms with Gasteiger partial charge in [0, 0.05) is 30.0 Å². The molecule has 13 heteroatoms. The van der Waals surface area contributed by atoms with Crippen molar-refractivity contribution in [1.29, 1.82) is 0 Å². The summed E-state index contributed by atoms with van der Waals surface area (Å²) in [6, 6.07) is 13.7. The summed E-state index contributed by atoms with van der Waals surface area (Å²) in [5, 5.41) is 8.17. The fraction of sp³-hybridized carbons (Fsp3) is 0.400. The second-order valence-electron chi connectivity index (χ2n) is 12.3. The van der Waals surface area contributed by atoms with Crippen LogP contribution in [0.5, 0.6) is 11.5 Å². The number of methoxy groups -OCH3 is 3. The third kappa shape index (κ3) is 6.77. The highest BCUT2D eigenvalue weighted by atomic mass is 32.2. The molecule has 3 amide bonds. The van der Waals surface area contributed by atoms with Gasteiger partial charge in [0.25, 0.3) is 5.91 Å². The molecule has 0 radical (unpaired) electrons. The van der Waals surface area contributed by atoms with Gasteiger partial charge in [-0.15, -0.1) is 0 Å². The van der Waals surface area contributed by atoms with Crippen molar-refractivity contribution >= 4 is 39.1 Å². The summed E-state index contributed by atoms with van der Waals surface area (Å²) < 4.78 is 42.9. The second kappa shape index (κ2) is 14.1. The number of carbonyl (C=O) groups is 3. The highest BCUT2D eigenvalue weighted by Gasteiger charge is 2.38. The van der Waals surface area contributed by atoms with E-state index in [0.717, 1.165) is 5.56 Å². The standard InChI is InChI=1S/C35H42N4O8S/c1-20(2)48(43,44)31-14-11-24(38-35(42)47-6)18-27(31)28-8-7-15-39(28)34(41)32(22-9-13-29(45-4)30(16-22)46-5)37-23-10-12-25-21(3)19-36-33(40)26(25)17-23/h9-14,16-18,20-21,28,32,37H,7-8,15,19H2,1-6H3,(H,36,40)(H,38,42)/t21?,28-,32?/m1/s1. The molecular weight excluding hydrogens is 636 g/mol. The van der Waals surface area contributed by atoms with Crippen LogP contribution in [-0.2, 0) is 19.4 Å². The number of nitrogens with one attached hydrogen (secondary N) is 3. The molecule has 1 saturated heterocycles. The second-order valence-corrected chi connectivity index (χ2v) is 14.7. The minimum Gasteiger partial charge on any atom is -0.493 e. The van der Waals surface area contributed by atoms with Gasteiger partial charge in [0.05, 0.1) is 37.5 Å². The molecule has 12 nitrogen and oxygen atoms in total. The van der Waals surface area contributed by atoms with Gasteiger partial charge >= 0.3 is 6.09 Å². The van der Waals surface area contributed by atoms with Crippen LogP contribution < -0.4 is 25.4 Å². The molecule has 256 valence electrons. The maximum Gasteiger partial charge on any atom is 0.411 e. The Morgan fingerprint density at radius 1 is 0.938 bits per heavy atom. The van der Waals surface area contributed by atoms with Gasteiger partial charge in [-0.3, -0.25) is 14.9 Å². The third-order valence-corrected chi connectivity index (χ3v) is 11.2. The molecule has 3 aromatic carbocycles. The fourth-order valence-electron chi connectivity index (χ4n) is 6.30. The lowest BCUT2D eigenvalue weighted by Gasteiger charge is -2.32. The van der Waals surface area contributed by atoms with Crippen LogP contribution in [0.15, 0.2) is 59.5 Å². The van der Waals surface area contributed by atoms with Crippen LogP contribution in [0.25, 0.3) is 0 Å². The molecule has 0 bridgehead atoms. The molecule has 1 fully saturated rings. The minimum absolute atomic E-state index is 0.100. The van der Waals surface area contributed by atoms with E-state index in [1.165, 1.54) is 33.5 Å². The number of anilines is 2. The van der Waals surface area contributed by atoms with Crippen molar-refractivity contribution in [2.75, 3.05) is 45.1 Å². The first-order chi connectivity index (χ1) is 22.9. The number of hydrogen-bond donors (Lipinski definition) is 3. The summed E-state index contributed by atoms with van der Waals surface area (Å²) >= 11 is 0. The van der Waals surface area contributed by atoms with Crippen LogP contribution in [0.4, 0.5) is 16.2 Å². The van der Waals surface area contributed by atoms with E-state index in [-0.39, 0.29) is 22.6 Å². The van der Waals surface area contributed by atoms with Gasteiger partial charge in [-0.2, -0.15) is 0 Å². The van der Waals surface area contributed by atoms with Crippen LogP contribution in [0.1, 0.15) is 78.7 Å². The Morgan fingerprint density at radius 2 is 1.67 bits per heavy atom. The lowest BCUT2D eigenvalue weighted by atomic mass is 9.91. The highest BCUT2D eigenvalue weighted by molar-refractivity contribution is 7.92. The van der Waals surface area contributed by atoms with Crippen LogP contribution in [0.3, 0.4) is 0 Å². The monoisotopic (exact) mass is 678 g/mol. The maximum absolute atomic E-state index is 14.8. The number of likely N-dealkylation sites (tertiary alicyclic amines) is 1. The average Bonchev–Trinajstić information content (AvgIpc) is 3.58. The highest BCUT2D eigenvalue weighted by Crippen LogP contribution is 2.41. The molecule has 0 aliphatic carbocycles. The zero-order chi connectivity index (χ0) is 34.7. The van der Waals surface area contributed by atoms with Crippen LogP contribution in [0.2, 0.25) is 0 Å². The molecule has 48 heavy (non-hydrogen) atoms.